The summed E-state index contributed by atoms with van der Waals surface area (Å²) in [7, 11) is 0. The van der Waals surface area contributed by atoms with Crippen molar-refractivity contribution in [2.24, 2.45) is 0 Å². The first-order valence-electron chi connectivity index (χ1n) is 10.2. The molecule has 0 unspecified atom stereocenters. The molecule has 0 radical (unpaired) electrons. The molecule has 0 aliphatic carbocycles. The van der Waals surface area contributed by atoms with Gasteiger partial charge in [0.15, 0.2) is 0 Å². The normalized spacial score (nSPS) is 13.7. The van der Waals surface area contributed by atoms with Crippen molar-refractivity contribution in [3.8, 4) is 11.3 Å². The Morgan fingerprint density at radius 1 is 1.19 bits per heavy atom. The molecule has 0 saturated carbocycles. The Morgan fingerprint density at radius 3 is 2.65 bits per heavy atom. The standard InChI is InChI=1S/C24H23N3O3S/c1-2-3-13-30-24(29)17-9-11-18(12-10-17)27-14-20(28)21(22(27)25)23-26-19(15-31-23)16-7-5-4-6-8-16/h4-12,15,25,28H,2-3,13-14H2,1H3. The average Bonchev–Trinajstić information content (AvgIpc) is 3.38. The van der Waals surface area contributed by atoms with Gasteiger partial charge in [0.25, 0.3) is 0 Å². The molecule has 1 aromatic heterocycles. The summed E-state index contributed by atoms with van der Waals surface area (Å²) in [5.74, 6) is -0.0545. The highest BCUT2D eigenvalue weighted by molar-refractivity contribution is 7.11. The first kappa shape index (κ1) is 20.8. The number of unbranched alkanes of at least 4 members (excludes halogenated alkanes) is 1. The number of esters is 1. The van der Waals surface area contributed by atoms with Crippen molar-refractivity contribution >= 4 is 34.4 Å². The number of amidine groups is 1. The summed E-state index contributed by atoms with van der Waals surface area (Å²) in [6, 6.07) is 16.7. The molecule has 1 aliphatic heterocycles. The van der Waals surface area contributed by atoms with Crippen LogP contribution in [0.15, 0.2) is 65.7 Å². The number of aromatic nitrogens is 1. The van der Waals surface area contributed by atoms with Crippen LogP contribution in [0.25, 0.3) is 16.8 Å². The number of carbonyl (C=O) groups excluding carboxylic acids is 1. The van der Waals surface area contributed by atoms with Gasteiger partial charge in [-0.05, 0) is 30.7 Å². The second-order valence-corrected chi connectivity index (χ2v) is 8.05. The minimum atomic E-state index is -0.352. The maximum Gasteiger partial charge on any atom is 0.338 e. The Labute approximate surface area is 185 Å². The molecule has 2 N–H and O–H groups in total. The third-order valence-electron chi connectivity index (χ3n) is 5.04. The second kappa shape index (κ2) is 9.14. The van der Waals surface area contributed by atoms with E-state index in [2.05, 4.69) is 4.98 Å². The molecule has 31 heavy (non-hydrogen) atoms. The van der Waals surface area contributed by atoms with Gasteiger partial charge in [0, 0.05) is 16.6 Å². The van der Waals surface area contributed by atoms with E-state index in [-0.39, 0.29) is 24.1 Å². The third-order valence-corrected chi connectivity index (χ3v) is 5.90. The first-order valence-corrected chi connectivity index (χ1v) is 11.0. The van der Waals surface area contributed by atoms with Crippen LogP contribution in [0.1, 0.15) is 35.1 Å². The number of ether oxygens (including phenoxy) is 1. The lowest BCUT2D eigenvalue weighted by molar-refractivity contribution is 0.0500. The number of thiazole rings is 1. The van der Waals surface area contributed by atoms with E-state index < -0.39 is 0 Å². The van der Waals surface area contributed by atoms with Gasteiger partial charge < -0.3 is 14.7 Å². The first-order chi connectivity index (χ1) is 15.1. The van der Waals surface area contributed by atoms with E-state index >= 15 is 0 Å². The highest BCUT2D eigenvalue weighted by Crippen LogP contribution is 2.34. The highest BCUT2D eigenvalue weighted by atomic mass is 32.1. The molecule has 0 atom stereocenters. The third kappa shape index (κ3) is 4.36. The summed E-state index contributed by atoms with van der Waals surface area (Å²) in [4.78, 5) is 18.4. The SMILES string of the molecule is CCCCOC(=O)c1ccc(N2CC(O)=C(c3nc(-c4ccccc4)cs3)C2=N)cc1. The summed E-state index contributed by atoms with van der Waals surface area (Å²) >= 11 is 1.40. The summed E-state index contributed by atoms with van der Waals surface area (Å²) in [6.07, 6.45) is 1.80. The zero-order valence-electron chi connectivity index (χ0n) is 17.2. The zero-order chi connectivity index (χ0) is 21.8. The molecule has 0 fully saturated rings. The van der Waals surface area contributed by atoms with Gasteiger partial charge >= 0.3 is 5.97 Å². The van der Waals surface area contributed by atoms with Crippen LogP contribution in [0, 0.1) is 5.41 Å². The Bertz CT molecular complexity index is 1120. The molecule has 0 saturated heterocycles. The topological polar surface area (TPSA) is 86.5 Å². The van der Waals surface area contributed by atoms with Gasteiger partial charge in [-0.25, -0.2) is 9.78 Å². The molecule has 4 rings (SSSR count). The van der Waals surface area contributed by atoms with Crippen LogP contribution >= 0.6 is 11.3 Å². The minimum absolute atomic E-state index is 0.113. The lowest BCUT2D eigenvalue weighted by Crippen LogP contribution is -2.26. The van der Waals surface area contributed by atoms with E-state index in [1.54, 1.807) is 29.2 Å². The molecule has 0 amide bonds. The fourth-order valence-electron chi connectivity index (χ4n) is 3.32. The van der Waals surface area contributed by atoms with Crippen LogP contribution in [0.5, 0.6) is 0 Å². The van der Waals surface area contributed by atoms with Crippen molar-refractivity contribution in [1.82, 2.24) is 4.98 Å². The number of anilines is 1. The van der Waals surface area contributed by atoms with Gasteiger partial charge in [0.2, 0.25) is 0 Å². The van der Waals surface area contributed by atoms with Crippen LogP contribution < -0.4 is 4.90 Å². The Kier molecular flexibility index (Phi) is 6.13. The Morgan fingerprint density at radius 2 is 1.94 bits per heavy atom. The van der Waals surface area contributed by atoms with Crippen molar-refractivity contribution < 1.29 is 14.6 Å². The summed E-state index contributed by atoms with van der Waals surface area (Å²) < 4.78 is 5.24. The number of hydrogen-bond acceptors (Lipinski definition) is 6. The van der Waals surface area contributed by atoms with Crippen molar-refractivity contribution in [2.45, 2.75) is 19.8 Å². The lowest BCUT2D eigenvalue weighted by atomic mass is 10.2. The summed E-state index contributed by atoms with van der Waals surface area (Å²) in [6.45, 7) is 2.64. The minimum Gasteiger partial charge on any atom is -0.510 e. The quantitative estimate of drug-likeness (QED) is 0.378. The molecule has 2 heterocycles. The Balaban J connectivity index is 1.49. The zero-order valence-corrected chi connectivity index (χ0v) is 18.0. The fraction of sp³-hybridized carbons (Fsp3) is 0.208. The van der Waals surface area contributed by atoms with E-state index in [1.165, 1.54) is 11.3 Å². The summed E-state index contributed by atoms with van der Waals surface area (Å²) in [5.41, 5.74) is 3.44. The number of nitrogens with zero attached hydrogens (tertiary/aromatic N) is 2. The van der Waals surface area contributed by atoms with Gasteiger partial charge in [-0.1, -0.05) is 43.7 Å². The van der Waals surface area contributed by atoms with E-state index in [9.17, 15) is 9.90 Å². The Hall–Kier alpha value is -3.45. The van der Waals surface area contributed by atoms with Crippen molar-refractivity contribution in [1.29, 1.82) is 5.41 Å². The van der Waals surface area contributed by atoms with Gasteiger partial charge in [-0.15, -0.1) is 11.3 Å². The van der Waals surface area contributed by atoms with Crippen LogP contribution in [-0.2, 0) is 4.74 Å². The van der Waals surface area contributed by atoms with Gasteiger partial charge in [0.1, 0.15) is 16.6 Å². The number of carbonyl (C=O) groups is 1. The maximum atomic E-state index is 12.1. The number of hydrogen-bond donors (Lipinski definition) is 2. The van der Waals surface area contributed by atoms with Crippen LogP contribution in [0.4, 0.5) is 5.69 Å². The summed E-state index contributed by atoms with van der Waals surface area (Å²) in [5, 5.41) is 21.7. The molecule has 0 bridgehead atoms. The van der Waals surface area contributed by atoms with Gasteiger partial charge in [-0.2, -0.15) is 0 Å². The fourth-order valence-corrected chi connectivity index (χ4v) is 4.22. The molecule has 0 spiro atoms. The second-order valence-electron chi connectivity index (χ2n) is 7.20. The van der Waals surface area contributed by atoms with E-state index in [0.29, 0.717) is 22.8 Å². The molecule has 7 heteroatoms. The van der Waals surface area contributed by atoms with E-state index in [0.717, 1.165) is 29.8 Å². The van der Waals surface area contributed by atoms with Crippen molar-refractivity contribution in [3.05, 3.63) is 76.3 Å². The van der Waals surface area contributed by atoms with E-state index in [1.807, 2.05) is 42.6 Å². The highest BCUT2D eigenvalue weighted by Gasteiger charge is 2.31. The molecule has 6 nitrogen and oxygen atoms in total. The van der Waals surface area contributed by atoms with E-state index in [4.69, 9.17) is 10.1 Å². The predicted molar refractivity (Wildman–Crippen MR) is 124 cm³/mol. The lowest BCUT2D eigenvalue weighted by Gasteiger charge is -2.18. The van der Waals surface area contributed by atoms with Crippen molar-refractivity contribution in [3.63, 3.8) is 0 Å². The molecule has 1 aliphatic rings. The largest absolute Gasteiger partial charge is 0.510 e. The molecule has 158 valence electrons. The van der Waals surface area contributed by atoms with Crippen LogP contribution in [0.2, 0.25) is 0 Å². The molecular formula is C24H23N3O3S. The van der Waals surface area contributed by atoms with Gasteiger partial charge in [-0.3, -0.25) is 5.41 Å². The number of rotatable bonds is 7. The number of nitrogens with one attached hydrogen (secondary N) is 1. The van der Waals surface area contributed by atoms with Crippen LogP contribution in [-0.4, -0.2) is 35.0 Å². The smallest absolute Gasteiger partial charge is 0.338 e. The number of benzene rings is 2. The molecular weight excluding hydrogens is 410 g/mol. The maximum absolute atomic E-state index is 12.1. The molecule has 3 aromatic rings. The van der Waals surface area contributed by atoms with Crippen LogP contribution in [0.3, 0.4) is 0 Å². The monoisotopic (exact) mass is 433 g/mol. The molecule has 2 aromatic carbocycles. The average molecular weight is 434 g/mol. The van der Waals surface area contributed by atoms with Crippen molar-refractivity contribution in [2.75, 3.05) is 18.1 Å². The van der Waals surface area contributed by atoms with Gasteiger partial charge in [0.05, 0.1) is 30.0 Å². The number of aliphatic hydroxyl groups excluding tert-OH is 1. The predicted octanol–water partition coefficient (Wildman–Crippen LogP) is 5.53. The number of aliphatic hydroxyl groups is 1.